The van der Waals surface area contributed by atoms with Crippen LogP contribution < -0.4 is 4.90 Å². The number of hydrogen-bond acceptors (Lipinski definition) is 1. The predicted molar refractivity (Wildman–Crippen MR) is 204 cm³/mol. The van der Waals surface area contributed by atoms with Gasteiger partial charge in [0.25, 0.3) is 0 Å². The van der Waals surface area contributed by atoms with E-state index in [1.165, 1.54) is 54.8 Å². The molecule has 9 rings (SSSR count). The molecule has 0 unspecified atom stereocenters. The van der Waals surface area contributed by atoms with E-state index >= 15 is 0 Å². The average Bonchev–Trinajstić information content (AvgIpc) is 3.50. The second-order valence-electron chi connectivity index (χ2n) is 12.2. The van der Waals surface area contributed by atoms with E-state index in [1.807, 2.05) is 0 Å². The molecule has 0 N–H and O–H groups in total. The molecule has 0 saturated heterocycles. The number of benzene rings is 8. The second kappa shape index (κ2) is 11.8. The summed E-state index contributed by atoms with van der Waals surface area (Å²) in [7, 11) is 0. The Morgan fingerprint density at radius 1 is 0.354 bits per heavy atom. The van der Waals surface area contributed by atoms with Crippen molar-refractivity contribution >= 4 is 49.6 Å². The van der Waals surface area contributed by atoms with Gasteiger partial charge in [-0.25, -0.2) is 0 Å². The molecule has 0 atom stereocenters. The van der Waals surface area contributed by atoms with Gasteiger partial charge in [-0.05, 0) is 99.8 Å². The Bertz CT molecular complexity index is 2560. The Morgan fingerprint density at radius 2 is 0.938 bits per heavy atom. The number of anilines is 3. The summed E-state index contributed by atoms with van der Waals surface area (Å²) < 4.78 is 2.38. The molecule has 0 spiro atoms. The van der Waals surface area contributed by atoms with Crippen molar-refractivity contribution in [1.29, 1.82) is 0 Å². The molecule has 8 aromatic carbocycles. The van der Waals surface area contributed by atoms with Crippen LogP contribution in [0.15, 0.2) is 194 Å². The summed E-state index contributed by atoms with van der Waals surface area (Å²) in [5.74, 6) is 0. The van der Waals surface area contributed by atoms with Crippen LogP contribution in [0.25, 0.3) is 60.5 Å². The van der Waals surface area contributed by atoms with Crippen LogP contribution in [0, 0.1) is 0 Å². The SMILES string of the molecule is c1ccc(N(c2cccc(-c3ccc4ccccc4c3)c2)c2cccc(-c3cccc4c3c3ccccc3n4-c3ccccc3)c2)cc1. The first-order valence-electron chi connectivity index (χ1n) is 16.4. The first kappa shape index (κ1) is 27.9. The summed E-state index contributed by atoms with van der Waals surface area (Å²) in [6.07, 6.45) is 0. The topological polar surface area (TPSA) is 8.17 Å². The Balaban J connectivity index is 1.20. The minimum absolute atomic E-state index is 1.11. The number of nitrogens with zero attached hydrogens (tertiary/aromatic N) is 2. The van der Waals surface area contributed by atoms with Gasteiger partial charge >= 0.3 is 0 Å². The molecule has 1 aromatic heterocycles. The van der Waals surface area contributed by atoms with Crippen LogP contribution in [-0.2, 0) is 0 Å². The van der Waals surface area contributed by atoms with E-state index in [2.05, 4.69) is 204 Å². The maximum atomic E-state index is 2.38. The minimum Gasteiger partial charge on any atom is -0.310 e. The molecule has 0 aliphatic carbocycles. The van der Waals surface area contributed by atoms with Crippen LogP contribution in [0.3, 0.4) is 0 Å². The zero-order chi connectivity index (χ0) is 31.9. The van der Waals surface area contributed by atoms with Crippen LogP contribution >= 0.6 is 0 Å². The zero-order valence-electron chi connectivity index (χ0n) is 26.4. The Kier molecular flexibility index (Phi) is 6.84. The molecule has 2 nitrogen and oxygen atoms in total. The molecule has 0 aliphatic heterocycles. The molecule has 0 amide bonds. The molecule has 0 aliphatic rings. The number of hydrogen-bond donors (Lipinski definition) is 0. The van der Waals surface area contributed by atoms with Crippen molar-refractivity contribution in [3.8, 4) is 27.9 Å². The van der Waals surface area contributed by atoms with E-state index in [-0.39, 0.29) is 0 Å². The van der Waals surface area contributed by atoms with Gasteiger partial charge in [-0.1, -0.05) is 127 Å². The van der Waals surface area contributed by atoms with Gasteiger partial charge < -0.3 is 9.47 Å². The Labute approximate surface area is 280 Å². The lowest BCUT2D eigenvalue weighted by Crippen LogP contribution is -2.10. The summed E-state index contributed by atoms with van der Waals surface area (Å²) >= 11 is 0. The van der Waals surface area contributed by atoms with Crippen molar-refractivity contribution in [3.63, 3.8) is 0 Å². The zero-order valence-corrected chi connectivity index (χ0v) is 26.4. The number of para-hydroxylation sites is 3. The molecule has 9 aromatic rings. The molecule has 0 saturated carbocycles. The van der Waals surface area contributed by atoms with Crippen LogP contribution in [-0.4, -0.2) is 4.57 Å². The summed E-state index contributed by atoms with van der Waals surface area (Å²) in [6, 6.07) is 69.9. The van der Waals surface area contributed by atoms with Crippen molar-refractivity contribution in [2.45, 2.75) is 0 Å². The molecule has 1 heterocycles. The maximum absolute atomic E-state index is 2.38. The first-order chi connectivity index (χ1) is 23.8. The normalized spacial score (nSPS) is 11.3. The number of rotatable bonds is 6. The Morgan fingerprint density at radius 3 is 1.75 bits per heavy atom. The molecule has 0 radical (unpaired) electrons. The van der Waals surface area contributed by atoms with Gasteiger partial charge in [0.15, 0.2) is 0 Å². The summed E-state index contributed by atoms with van der Waals surface area (Å²) in [5.41, 5.74) is 11.7. The predicted octanol–water partition coefficient (Wildman–Crippen LogP) is 12.7. The van der Waals surface area contributed by atoms with E-state index in [9.17, 15) is 0 Å². The molecular formula is C46H32N2. The number of fused-ring (bicyclic) bond motifs is 4. The molecule has 0 bridgehead atoms. The molecule has 48 heavy (non-hydrogen) atoms. The lowest BCUT2D eigenvalue weighted by molar-refractivity contribution is 1.18. The highest BCUT2D eigenvalue weighted by Crippen LogP contribution is 2.42. The van der Waals surface area contributed by atoms with Gasteiger partial charge in [0.2, 0.25) is 0 Å². The summed E-state index contributed by atoms with van der Waals surface area (Å²) in [5, 5.41) is 5.01. The first-order valence-corrected chi connectivity index (χ1v) is 16.4. The Hall–Kier alpha value is -6.38. The smallest absolute Gasteiger partial charge is 0.0547 e. The lowest BCUT2D eigenvalue weighted by Gasteiger charge is -2.26. The van der Waals surface area contributed by atoms with E-state index in [1.54, 1.807) is 0 Å². The quantitative estimate of drug-likeness (QED) is 0.181. The van der Waals surface area contributed by atoms with Crippen molar-refractivity contribution in [1.82, 2.24) is 4.57 Å². The van der Waals surface area contributed by atoms with Gasteiger partial charge in [0, 0.05) is 33.5 Å². The third-order valence-corrected chi connectivity index (χ3v) is 9.33. The second-order valence-corrected chi connectivity index (χ2v) is 12.2. The van der Waals surface area contributed by atoms with Gasteiger partial charge in [-0.3, -0.25) is 0 Å². The van der Waals surface area contributed by atoms with E-state index < -0.39 is 0 Å². The molecule has 0 fully saturated rings. The van der Waals surface area contributed by atoms with E-state index in [4.69, 9.17) is 0 Å². The van der Waals surface area contributed by atoms with Crippen LogP contribution in [0.4, 0.5) is 17.1 Å². The fourth-order valence-electron chi connectivity index (χ4n) is 7.15. The molecule has 226 valence electrons. The van der Waals surface area contributed by atoms with Gasteiger partial charge in [0.1, 0.15) is 0 Å². The molecular weight excluding hydrogens is 581 g/mol. The molecule has 2 heteroatoms. The average molecular weight is 613 g/mol. The maximum Gasteiger partial charge on any atom is 0.0547 e. The highest BCUT2D eigenvalue weighted by molar-refractivity contribution is 6.15. The van der Waals surface area contributed by atoms with Crippen molar-refractivity contribution in [2.75, 3.05) is 4.90 Å². The fraction of sp³-hybridized carbons (Fsp3) is 0. The van der Waals surface area contributed by atoms with Gasteiger partial charge in [0.05, 0.1) is 11.0 Å². The van der Waals surface area contributed by atoms with Gasteiger partial charge in [-0.2, -0.15) is 0 Å². The highest BCUT2D eigenvalue weighted by Gasteiger charge is 2.18. The van der Waals surface area contributed by atoms with Gasteiger partial charge in [-0.15, -0.1) is 0 Å². The van der Waals surface area contributed by atoms with E-state index in [0.29, 0.717) is 0 Å². The van der Waals surface area contributed by atoms with Crippen molar-refractivity contribution in [3.05, 3.63) is 194 Å². The van der Waals surface area contributed by atoms with Crippen molar-refractivity contribution < 1.29 is 0 Å². The highest BCUT2D eigenvalue weighted by atomic mass is 15.1. The largest absolute Gasteiger partial charge is 0.310 e. The third-order valence-electron chi connectivity index (χ3n) is 9.33. The van der Waals surface area contributed by atoms with Crippen LogP contribution in [0.5, 0.6) is 0 Å². The van der Waals surface area contributed by atoms with E-state index in [0.717, 1.165) is 22.7 Å². The fourth-order valence-corrected chi connectivity index (χ4v) is 7.15. The summed E-state index contributed by atoms with van der Waals surface area (Å²) in [4.78, 5) is 2.36. The van der Waals surface area contributed by atoms with Crippen LogP contribution in [0.2, 0.25) is 0 Å². The summed E-state index contributed by atoms with van der Waals surface area (Å²) in [6.45, 7) is 0. The number of aromatic nitrogens is 1. The minimum atomic E-state index is 1.11. The van der Waals surface area contributed by atoms with Crippen LogP contribution in [0.1, 0.15) is 0 Å². The van der Waals surface area contributed by atoms with Crippen molar-refractivity contribution in [2.24, 2.45) is 0 Å². The standard InChI is InChI=1S/C46H32N2/c1-3-18-38(19-4-1)47(40-22-11-16-35(31-40)36-29-28-33-14-7-8-15-34(33)30-36)41-23-12-17-37(32-41)42-25-13-27-45-46(42)43-24-9-10-26-44(43)48(45)39-20-5-2-6-21-39/h1-32H. The lowest BCUT2D eigenvalue weighted by atomic mass is 9.98. The monoisotopic (exact) mass is 612 g/mol. The third kappa shape index (κ3) is 4.83.